The van der Waals surface area contributed by atoms with E-state index >= 15 is 0 Å². The van der Waals surface area contributed by atoms with Gasteiger partial charge in [0.1, 0.15) is 0 Å². The summed E-state index contributed by atoms with van der Waals surface area (Å²) in [5.41, 5.74) is 1.71. The van der Waals surface area contributed by atoms with Gasteiger partial charge in [0.15, 0.2) is 9.84 Å². The van der Waals surface area contributed by atoms with Crippen molar-refractivity contribution in [1.82, 2.24) is 4.98 Å². The summed E-state index contributed by atoms with van der Waals surface area (Å²) in [5.74, 6) is -0.487. The predicted molar refractivity (Wildman–Crippen MR) is 89.1 cm³/mol. The van der Waals surface area contributed by atoms with Gasteiger partial charge in [-0.25, -0.2) is 8.42 Å². The summed E-state index contributed by atoms with van der Waals surface area (Å²) in [6.45, 7) is 5.53. The van der Waals surface area contributed by atoms with Crippen LogP contribution in [0.25, 0.3) is 0 Å². The fourth-order valence-electron chi connectivity index (χ4n) is 3.39. The van der Waals surface area contributed by atoms with Crippen molar-refractivity contribution < 1.29 is 13.5 Å². The fourth-order valence-corrected chi connectivity index (χ4v) is 5.52. The van der Waals surface area contributed by atoms with Crippen LogP contribution in [-0.2, 0) is 9.84 Å². The highest BCUT2D eigenvalue weighted by atomic mass is 32.2. The minimum atomic E-state index is -3.46. The number of nitrogens with zero attached hydrogens (tertiary/aromatic N) is 1. The van der Waals surface area contributed by atoms with Gasteiger partial charge in [0.25, 0.3) is 0 Å². The van der Waals surface area contributed by atoms with E-state index < -0.39 is 27.3 Å². The molecule has 0 fully saturated rings. The molecule has 0 aliphatic carbocycles. The molecule has 0 spiro atoms. The first-order valence-electron chi connectivity index (χ1n) is 7.64. The van der Waals surface area contributed by atoms with Crippen LogP contribution in [0.1, 0.15) is 36.5 Å². The van der Waals surface area contributed by atoms with Crippen LogP contribution >= 0.6 is 0 Å². The van der Waals surface area contributed by atoms with Crippen molar-refractivity contribution in [3.05, 3.63) is 59.4 Å². The van der Waals surface area contributed by atoms with Gasteiger partial charge in [-0.15, -0.1) is 0 Å². The Bertz CT molecular complexity index is 829. The Morgan fingerprint density at radius 3 is 2.65 bits per heavy atom. The van der Waals surface area contributed by atoms with Gasteiger partial charge in [0.05, 0.1) is 16.8 Å². The van der Waals surface area contributed by atoms with Gasteiger partial charge in [-0.05, 0) is 30.2 Å². The van der Waals surface area contributed by atoms with Gasteiger partial charge in [0.2, 0.25) is 0 Å². The van der Waals surface area contributed by atoms with Gasteiger partial charge < -0.3 is 5.11 Å². The molecule has 1 aromatic heterocycles. The van der Waals surface area contributed by atoms with Gasteiger partial charge in [-0.3, -0.25) is 4.98 Å². The molecule has 1 N–H and O–H groups in total. The molecular weight excluding hydrogens is 310 g/mol. The first-order chi connectivity index (χ1) is 10.7. The third-order valence-electron chi connectivity index (χ3n) is 4.56. The van der Waals surface area contributed by atoms with E-state index in [1.54, 1.807) is 38.4 Å². The largest absolute Gasteiger partial charge is 0.392 e. The molecule has 2 heterocycles. The third kappa shape index (κ3) is 2.79. The van der Waals surface area contributed by atoms with Crippen molar-refractivity contribution in [3.63, 3.8) is 0 Å². The summed E-state index contributed by atoms with van der Waals surface area (Å²) in [6.07, 6.45) is 2.56. The zero-order valence-electron chi connectivity index (χ0n) is 13.5. The second kappa shape index (κ2) is 5.42. The lowest BCUT2D eigenvalue weighted by atomic mass is 9.75. The number of sulfone groups is 1. The Morgan fingerprint density at radius 2 is 2.00 bits per heavy atom. The zero-order chi connectivity index (χ0) is 16.8. The molecular formula is C18H21NO3S. The molecule has 0 saturated carbocycles. The summed E-state index contributed by atoms with van der Waals surface area (Å²) >= 11 is 0. The second-order valence-corrected chi connectivity index (χ2v) is 8.96. The summed E-state index contributed by atoms with van der Waals surface area (Å²) in [7, 11) is -3.46. The van der Waals surface area contributed by atoms with Crippen molar-refractivity contribution in [3.8, 4) is 0 Å². The first-order valence-corrected chi connectivity index (χ1v) is 9.29. The minimum Gasteiger partial charge on any atom is -0.392 e. The van der Waals surface area contributed by atoms with E-state index in [1.807, 2.05) is 25.1 Å². The van der Waals surface area contributed by atoms with Crippen LogP contribution in [0.2, 0.25) is 0 Å². The number of benzene rings is 1. The monoisotopic (exact) mass is 331 g/mol. The van der Waals surface area contributed by atoms with Crippen molar-refractivity contribution in [2.24, 2.45) is 5.41 Å². The van der Waals surface area contributed by atoms with Crippen molar-refractivity contribution in [2.45, 2.75) is 37.7 Å². The van der Waals surface area contributed by atoms with Crippen LogP contribution in [0, 0.1) is 12.3 Å². The van der Waals surface area contributed by atoms with Crippen LogP contribution in [0.15, 0.2) is 47.6 Å². The number of aliphatic hydroxyl groups is 1. The van der Waals surface area contributed by atoms with E-state index in [0.29, 0.717) is 10.5 Å². The zero-order valence-corrected chi connectivity index (χ0v) is 14.3. The molecule has 1 aliphatic rings. The number of fused-ring (bicyclic) bond motifs is 1. The lowest BCUT2D eigenvalue weighted by Crippen LogP contribution is -2.38. The SMILES string of the molecule is Cc1ccc2c(c1)[C@@H](c1cccnc1)[C@@H](O)C(C)(C)CS2(=O)=O. The van der Waals surface area contributed by atoms with E-state index in [0.717, 1.165) is 11.1 Å². The minimum absolute atomic E-state index is 0.0754. The summed E-state index contributed by atoms with van der Waals surface area (Å²) < 4.78 is 25.6. The van der Waals surface area contributed by atoms with Crippen LogP contribution < -0.4 is 0 Å². The molecule has 4 nitrogen and oxygen atoms in total. The second-order valence-electron chi connectivity index (χ2n) is 7.00. The van der Waals surface area contributed by atoms with Crippen LogP contribution in [-0.4, -0.2) is 30.4 Å². The standard InChI is InChI=1S/C18H21NO3S/c1-12-6-7-15-14(9-12)16(13-5-4-8-19-10-13)17(20)18(2,3)11-23(15,21)22/h4-10,16-17,20H,11H2,1-3H3/t16-,17-/m1/s1. The smallest absolute Gasteiger partial charge is 0.179 e. The molecule has 0 saturated heterocycles. The highest BCUT2D eigenvalue weighted by Gasteiger charge is 2.44. The van der Waals surface area contributed by atoms with E-state index in [2.05, 4.69) is 4.98 Å². The molecule has 1 aromatic carbocycles. The number of aryl methyl sites for hydroxylation is 1. The molecule has 2 aromatic rings. The topological polar surface area (TPSA) is 67.3 Å². The Hall–Kier alpha value is -1.72. The molecule has 0 amide bonds. The number of rotatable bonds is 1. The maximum absolute atomic E-state index is 12.8. The Labute approximate surface area is 137 Å². The molecule has 3 rings (SSSR count). The average Bonchev–Trinajstić information content (AvgIpc) is 2.52. The molecule has 0 radical (unpaired) electrons. The molecule has 23 heavy (non-hydrogen) atoms. The van der Waals surface area contributed by atoms with Crippen molar-refractivity contribution in [2.75, 3.05) is 5.75 Å². The number of hydrogen-bond acceptors (Lipinski definition) is 4. The lowest BCUT2D eigenvalue weighted by Gasteiger charge is -2.33. The molecule has 0 bridgehead atoms. The Morgan fingerprint density at radius 1 is 1.26 bits per heavy atom. The number of aliphatic hydroxyl groups excluding tert-OH is 1. The summed E-state index contributed by atoms with van der Waals surface area (Å²) in [5, 5.41) is 11.0. The van der Waals surface area contributed by atoms with Crippen LogP contribution in [0.4, 0.5) is 0 Å². The molecule has 122 valence electrons. The van der Waals surface area contributed by atoms with Crippen molar-refractivity contribution in [1.29, 1.82) is 0 Å². The van der Waals surface area contributed by atoms with E-state index in [9.17, 15) is 13.5 Å². The van der Waals surface area contributed by atoms with Crippen LogP contribution in [0.5, 0.6) is 0 Å². The number of pyridine rings is 1. The first kappa shape index (κ1) is 16.1. The third-order valence-corrected chi connectivity index (χ3v) is 6.72. The van der Waals surface area contributed by atoms with Crippen molar-refractivity contribution >= 4 is 9.84 Å². The lowest BCUT2D eigenvalue weighted by molar-refractivity contribution is 0.0520. The highest BCUT2D eigenvalue weighted by molar-refractivity contribution is 7.91. The summed E-state index contributed by atoms with van der Waals surface area (Å²) in [4.78, 5) is 4.46. The number of hydrogen-bond donors (Lipinski definition) is 1. The van der Waals surface area contributed by atoms with Gasteiger partial charge >= 0.3 is 0 Å². The van der Waals surface area contributed by atoms with E-state index in [-0.39, 0.29) is 5.75 Å². The van der Waals surface area contributed by atoms with Gasteiger partial charge in [-0.1, -0.05) is 37.6 Å². The quantitative estimate of drug-likeness (QED) is 0.872. The maximum Gasteiger partial charge on any atom is 0.179 e. The van der Waals surface area contributed by atoms with E-state index in [1.165, 1.54) is 0 Å². The summed E-state index contributed by atoms with van der Waals surface area (Å²) in [6, 6.07) is 9.04. The highest BCUT2D eigenvalue weighted by Crippen LogP contribution is 2.44. The van der Waals surface area contributed by atoms with Gasteiger partial charge in [0, 0.05) is 23.7 Å². The average molecular weight is 331 g/mol. The molecule has 1 aliphatic heterocycles. The van der Waals surface area contributed by atoms with Crippen LogP contribution in [0.3, 0.4) is 0 Å². The number of aromatic nitrogens is 1. The fraction of sp³-hybridized carbons (Fsp3) is 0.389. The Balaban J connectivity index is 2.33. The molecule has 0 unspecified atom stereocenters. The Kier molecular flexibility index (Phi) is 3.81. The molecule has 5 heteroatoms. The molecule has 2 atom stereocenters. The maximum atomic E-state index is 12.8. The van der Waals surface area contributed by atoms with Gasteiger partial charge in [-0.2, -0.15) is 0 Å². The van der Waals surface area contributed by atoms with E-state index in [4.69, 9.17) is 0 Å². The normalized spacial score (nSPS) is 25.4. The predicted octanol–water partition coefficient (Wildman–Crippen LogP) is 2.70.